The Balaban J connectivity index is 1.78. The van der Waals surface area contributed by atoms with Gasteiger partial charge < -0.3 is 14.9 Å². The van der Waals surface area contributed by atoms with Crippen molar-refractivity contribution in [2.75, 3.05) is 0 Å². The summed E-state index contributed by atoms with van der Waals surface area (Å²) in [7, 11) is 1.97. The fourth-order valence-corrected chi connectivity index (χ4v) is 1.36. The van der Waals surface area contributed by atoms with Gasteiger partial charge in [0.15, 0.2) is 0 Å². The molecule has 0 amide bonds. The number of imidazole rings is 1. The van der Waals surface area contributed by atoms with Crippen LogP contribution in [-0.2, 0) is 20.1 Å². The van der Waals surface area contributed by atoms with Gasteiger partial charge in [-0.15, -0.1) is 0 Å². The van der Waals surface area contributed by atoms with Crippen molar-refractivity contribution in [3.8, 4) is 0 Å². The molecule has 0 saturated carbocycles. The molecule has 0 unspecified atom stereocenters. The number of aromatic nitrogens is 3. The smallest absolute Gasteiger partial charge is 0.0947 e. The van der Waals surface area contributed by atoms with Crippen molar-refractivity contribution in [3.63, 3.8) is 0 Å². The van der Waals surface area contributed by atoms with Gasteiger partial charge in [0.2, 0.25) is 0 Å². The lowest BCUT2D eigenvalue weighted by atomic mass is 10.4. The normalized spacial score (nSPS) is 10.6. The number of hydrogen-bond donors (Lipinski definition) is 2. The van der Waals surface area contributed by atoms with Crippen LogP contribution < -0.4 is 5.32 Å². The van der Waals surface area contributed by atoms with Crippen molar-refractivity contribution in [1.29, 1.82) is 0 Å². The lowest BCUT2D eigenvalue weighted by molar-refractivity contribution is 0.672. The zero-order valence-electron chi connectivity index (χ0n) is 8.20. The Morgan fingerprint density at radius 2 is 2.43 bits per heavy atom. The molecule has 0 spiro atoms. The van der Waals surface area contributed by atoms with E-state index in [0.29, 0.717) is 0 Å². The first kappa shape index (κ1) is 9.02. The van der Waals surface area contributed by atoms with Crippen molar-refractivity contribution in [2.45, 2.75) is 13.1 Å². The predicted octanol–water partition coefficient (Wildman–Crippen LogP) is 1.04. The minimum Gasteiger partial charge on any atom is -0.364 e. The third-order valence-corrected chi connectivity index (χ3v) is 2.04. The molecule has 0 aromatic carbocycles. The summed E-state index contributed by atoms with van der Waals surface area (Å²) in [4.78, 5) is 7.37. The standard InChI is InChI=1S/C10H14N4/c1-14-7-10(13-8-14)6-11-5-9-3-2-4-12-9/h2-4,7-8,11-12H,5-6H2,1H3. The number of H-pyrrole nitrogens is 1. The van der Waals surface area contributed by atoms with Gasteiger partial charge in [0.05, 0.1) is 12.0 Å². The van der Waals surface area contributed by atoms with E-state index in [9.17, 15) is 0 Å². The van der Waals surface area contributed by atoms with Crippen LogP contribution in [0.25, 0.3) is 0 Å². The Morgan fingerprint density at radius 3 is 3.07 bits per heavy atom. The highest BCUT2D eigenvalue weighted by Crippen LogP contribution is 1.96. The number of nitrogens with zero attached hydrogens (tertiary/aromatic N) is 2. The summed E-state index contributed by atoms with van der Waals surface area (Å²) < 4.78 is 1.95. The predicted molar refractivity (Wildman–Crippen MR) is 54.5 cm³/mol. The SMILES string of the molecule is Cn1cnc(CNCc2ccc[nH]2)c1. The van der Waals surface area contributed by atoms with Crippen LogP contribution in [0.3, 0.4) is 0 Å². The fourth-order valence-electron chi connectivity index (χ4n) is 1.36. The summed E-state index contributed by atoms with van der Waals surface area (Å²) in [6.07, 6.45) is 5.76. The molecule has 0 aliphatic heterocycles. The monoisotopic (exact) mass is 190 g/mol. The van der Waals surface area contributed by atoms with Crippen LogP contribution in [0.2, 0.25) is 0 Å². The number of aromatic amines is 1. The van der Waals surface area contributed by atoms with Crippen LogP contribution in [-0.4, -0.2) is 14.5 Å². The molecular weight excluding hydrogens is 176 g/mol. The number of nitrogens with one attached hydrogen (secondary N) is 2. The van der Waals surface area contributed by atoms with Crippen LogP contribution in [0.15, 0.2) is 30.9 Å². The first-order valence-corrected chi connectivity index (χ1v) is 4.64. The van der Waals surface area contributed by atoms with Crippen molar-refractivity contribution in [1.82, 2.24) is 19.9 Å². The van der Waals surface area contributed by atoms with E-state index in [0.717, 1.165) is 18.8 Å². The van der Waals surface area contributed by atoms with E-state index in [-0.39, 0.29) is 0 Å². The maximum absolute atomic E-state index is 4.22. The average molecular weight is 190 g/mol. The van der Waals surface area contributed by atoms with E-state index < -0.39 is 0 Å². The van der Waals surface area contributed by atoms with Crippen LogP contribution in [0.4, 0.5) is 0 Å². The highest BCUT2D eigenvalue weighted by atomic mass is 15.0. The zero-order valence-corrected chi connectivity index (χ0v) is 8.20. The molecule has 0 radical (unpaired) electrons. The Bertz CT molecular complexity index is 374. The molecule has 0 bridgehead atoms. The van der Waals surface area contributed by atoms with Crippen molar-refractivity contribution < 1.29 is 0 Å². The van der Waals surface area contributed by atoms with Crippen LogP contribution in [0.1, 0.15) is 11.4 Å². The fraction of sp³-hybridized carbons (Fsp3) is 0.300. The summed E-state index contributed by atoms with van der Waals surface area (Å²) in [6, 6.07) is 4.06. The van der Waals surface area contributed by atoms with Crippen LogP contribution >= 0.6 is 0 Å². The van der Waals surface area contributed by atoms with Gasteiger partial charge in [-0.25, -0.2) is 4.98 Å². The second kappa shape index (κ2) is 4.11. The molecule has 2 aromatic rings. The quantitative estimate of drug-likeness (QED) is 0.756. The highest BCUT2D eigenvalue weighted by Gasteiger charge is 1.96. The van der Waals surface area contributed by atoms with Crippen molar-refractivity contribution in [3.05, 3.63) is 42.2 Å². The molecule has 2 heterocycles. The van der Waals surface area contributed by atoms with E-state index in [4.69, 9.17) is 0 Å². The molecule has 0 fully saturated rings. The minimum absolute atomic E-state index is 0.805. The molecule has 74 valence electrons. The third kappa shape index (κ3) is 2.23. The van der Waals surface area contributed by atoms with E-state index in [1.807, 2.05) is 36.4 Å². The van der Waals surface area contributed by atoms with Crippen molar-refractivity contribution in [2.24, 2.45) is 7.05 Å². The maximum atomic E-state index is 4.22. The van der Waals surface area contributed by atoms with Gasteiger partial charge in [0.1, 0.15) is 0 Å². The second-order valence-corrected chi connectivity index (χ2v) is 3.33. The van der Waals surface area contributed by atoms with Crippen LogP contribution in [0, 0.1) is 0 Å². The summed E-state index contributed by atoms with van der Waals surface area (Å²) >= 11 is 0. The number of aryl methyl sites for hydroxylation is 1. The van der Waals surface area contributed by atoms with Gasteiger partial charge in [-0.05, 0) is 12.1 Å². The third-order valence-electron chi connectivity index (χ3n) is 2.04. The van der Waals surface area contributed by atoms with E-state index >= 15 is 0 Å². The first-order valence-electron chi connectivity index (χ1n) is 4.64. The van der Waals surface area contributed by atoms with E-state index in [1.54, 1.807) is 0 Å². The lowest BCUT2D eigenvalue weighted by Gasteiger charge is -1.99. The number of hydrogen-bond acceptors (Lipinski definition) is 2. The highest BCUT2D eigenvalue weighted by molar-refractivity contribution is 5.03. The van der Waals surface area contributed by atoms with E-state index in [1.165, 1.54) is 5.69 Å². The Kier molecular flexibility index (Phi) is 2.65. The van der Waals surface area contributed by atoms with Gasteiger partial charge in [0, 0.05) is 38.2 Å². The molecule has 4 heteroatoms. The Morgan fingerprint density at radius 1 is 1.50 bits per heavy atom. The molecule has 2 rings (SSSR count). The molecule has 2 aromatic heterocycles. The summed E-state index contributed by atoms with van der Waals surface area (Å²) in [5.41, 5.74) is 2.26. The summed E-state index contributed by atoms with van der Waals surface area (Å²) in [6.45, 7) is 1.66. The Labute approximate surface area is 83.0 Å². The zero-order chi connectivity index (χ0) is 9.80. The first-order chi connectivity index (χ1) is 6.84. The average Bonchev–Trinajstić information content (AvgIpc) is 2.77. The molecule has 2 N–H and O–H groups in total. The maximum Gasteiger partial charge on any atom is 0.0947 e. The summed E-state index contributed by atoms with van der Waals surface area (Å²) in [5.74, 6) is 0. The Hall–Kier alpha value is -1.55. The molecule has 4 nitrogen and oxygen atoms in total. The van der Waals surface area contributed by atoms with Gasteiger partial charge >= 0.3 is 0 Å². The van der Waals surface area contributed by atoms with Gasteiger partial charge in [-0.3, -0.25) is 0 Å². The molecular formula is C10H14N4. The van der Waals surface area contributed by atoms with Crippen molar-refractivity contribution >= 4 is 0 Å². The molecule has 0 aliphatic carbocycles. The molecule has 0 aliphatic rings. The van der Waals surface area contributed by atoms with E-state index in [2.05, 4.69) is 21.4 Å². The minimum atomic E-state index is 0.805. The molecule has 0 atom stereocenters. The topological polar surface area (TPSA) is 45.6 Å². The summed E-state index contributed by atoms with van der Waals surface area (Å²) in [5, 5.41) is 3.31. The molecule has 0 saturated heterocycles. The second-order valence-electron chi connectivity index (χ2n) is 3.33. The molecule has 14 heavy (non-hydrogen) atoms. The van der Waals surface area contributed by atoms with Gasteiger partial charge in [0.25, 0.3) is 0 Å². The van der Waals surface area contributed by atoms with Gasteiger partial charge in [-0.2, -0.15) is 0 Å². The van der Waals surface area contributed by atoms with Crippen LogP contribution in [0.5, 0.6) is 0 Å². The largest absolute Gasteiger partial charge is 0.364 e. The number of rotatable bonds is 4. The van der Waals surface area contributed by atoms with Gasteiger partial charge in [-0.1, -0.05) is 0 Å². The lowest BCUT2D eigenvalue weighted by Crippen LogP contribution is -2.13.